The van der Waals surface area contributed by atoms with E-state index >= 15 is 0 Å². The first-order chi connectivity index (χ1) is 12.3. The fourth-order valence-electron chi connectivity index (χ4n) is 2.59. The van der Waals surface area contributed by atoms with Crippen molar-refractivity contribution in [1.82, 2.24) is 4.90 Å². The van der Waals surface area contributed by atoms with Crippen LogP contribution in [-0.2, 0) is 9.84 Å². The third-order valence-electron chi connectivity index (χ3n) is 4.04. The molecule has 8 heteroatoms. The summed E-state index contributed by atoms with van der Waals surface area (Å²) in [7, 11) is 0.919. The van der Waals surface area contributed by atoms with Gasteiger partial charge in [0, 0.05) is 17.8 Å². The average Bonchev–Trinajstić information content (AvgIpc) is 2.62. The highest BCUT2D eigenvalue weighted by atomic mass is 32.2. The zero-order chi connectivity index (χ0) is 19.3. The van der Waals surface area contributed by atoms with Crippen LogP contribution in [0.4, 0.5) is 14.5 Å². The number of ether oxygens (including phenoxy) is 1. The number of para-hydroxylation sites is 1. The summed E-state index contributed by atoms with van der Waals surface area (Å²) in [4.78, 5) is 1.63. The van der Waals surface area contributed by atoms with E-state index in [4.69, 9.17) is 4.74 Å². The van der Waals surface area contributed by atoms with Gasteiger partial charge in [-0.2, -0.15) is 8.78 Å². The standard InChI is InChI=1S/C18H22F2N2O3S/c1-22(2)16(15-6-4-5-7-17(15)25-3)12-21-13-8-10-14(11-9-13)26(23,24)18(19)20/h4-11,16,18,21H,12H2,1-3H3. The molecule has 0 aliphatic rings. The molecule has 0 heterocycles. The second-order valence-electron chi connectivity index (χ2n) is 5.93. The Morgan fingerprint density at radius 2 is 1.69 bits per heavy atom. The molecule has 0 aromatic heterocycles. The van der Waals surface area contributed by atoms with Crippen LogP contribution >= 0.6 is 0 Å². The number of nitrogens with zero attached hydrogens (tertiary/aromatic N) is 1. The van der Waals surface area contributed by atoms with Crippen LogP contribution in [-0.4, -0.2) is 46.8 Å². The molecule has 5 nitrogen and oxygen atoms in total. The van der Waals surface area contributed by atoms with Gasteiger partial charge in [-0.1, -0.05) is 18.2 Å². The van der Waals surface area contributed by atoms with Crippen LogP contribution in [0.3, 0.4) is 0 Å². The van der Waals surface area contributed by atoms with Gasteiger partial charge in [-0.25, -0.2) is 8.42 Å². The first-order valence-electron chi connectivity index (χ1n) is 7.92. The van der Waals surface area contributed by atoms with Gasteiger partial charge < -0.3 is 15.0 Å². The lowest BCUT2D eigenvalue weighted by Crippen LogP contribution is -2.27. The lowest BCUT2D eigenvalue weighted by Gasteiger charge is -2.27. The van der Waals surface area contributed by atoms with Crippen LogP contribution in [0.5, 0.6) is 5.75 Å². The molecule has 0 spiro atoms. The van der Waals surface area contributed by atoms with Gasteiger partial charge in [0.15, 0.2) is 0 Å². The summed E-state index contributed by atoms with van der Waals surface area (Å²) in [6, 6.07) is 13.0. The van der Waals surface area contributed by atoms with Crippen molar-refractivity contribution < 1.29 is 21.9 Å². The van der Waals surface area contributed by atoms with E-state index in [1.165, 1.54) is 24.3 Å². The number of anilines is 1. The number of halogens is 2. The molecule has 0 fully saturated rings. The molecule has 1 N–H and O–H groups in total. The number of likely N-dealkylation sites (N-methyl/N-ethyl adjacent to an activating group) is 1. The normalized spacial score (nSPS) is 13.0. The van der Waals surface area contributed by atoms with Crippen LogP contribution in [0, 0.1) is 0 Å². The third-order valence-corrected chi connectivity index (χ3v) is 5.44. The van der Waals surface area contributed by atoms with Gasteiger partial charge in [0.25, 0.3) is 0 Å². The van der Waals surface area contributed by atoms with Gasteiger partial charge in [0.1, 0.15) is 5.75 Å². The van der Waals surface area contributed by atoms with E-state index in [0.717, 1.165) is 11.3 Å². The summed E-state index contributed by atoms with van der Waals surface area (Å²) in [6.07, 6.45) is 0. The first-order valence-corrected chi connectivity index (χ1v) is 9.47. The predicted octanol–water partition coefficient (Wildman–Crippen LogP) is 3.41. The molecule has 142 valence electrons. The molecule has 0 bridgehead atoms. The quantitative estimate of drug-likeness (QED) is 0.756. The van der Waals surface area contributed by atoms with Gasteiger partial charge in [-0.05, 0) is 44.4 Å². The van der Waals surface area contributed by atoms with Gasteiger partial charge >= 0.3 is 5.76 Å². The van der Waals surface area contributed by atoms with Crippen LogP contribution in [0.25, 0.3) is 0 Å². The number of benzene rings is 2. The molecule has 2 aromatic rings. The molecule has 26 heavy (non-hydrogen) atoms. The average molecular weight is 384 g/mol. The minimum atomic E-state index is -4.58. The molecule has 0 amide bonds. The summed E-state index contributed by atoms with van der Waals surface area (Å²) < 4.78 is 53.5. The summed E-state index contributed by atoms with van der Waals surface area (Å²) >= 11 is 0. The maximum absolute atomic E-state index is 12.6. The highest BCUT2D eigenvalue weighted by Crippen LogP contribution is 2.28. The molecular weight excluding hydrogens is 362 g/mol. The SMILES string of the molecule is COc1ccccc1C(CNc1ccc(S(=O)(=O)C(F)F)cc1)N(C)C. The lowest BCUT2D eigenvalue weighted by molar-refractivity contribution is 0.234. The maximum atomic E-state index is 12.6. The number of sulfone groups is 1. The van der Waals surface area contributed by atoms with E-state index in [9.17, 15) is 17.2 Å². The smallest absolute Gasteiger partial charge is 0.341 e. The lowest BCUT2D eigenvalue weighted by atomic mass is 10.0. The van der Waals surface area contributed by atoms with Crippen LogP contribution in [0.1, 0.15) is 11.6 Å². The van der Waals surface area contributed by atoms with E-state index in [2.05, 4.69) is 5.32 Å². The van der Waals surface area contributed by atoms with E-state index in [0.29, 0.717) is 12.2 Å². The molecule has 2 aromatic carbocycles. The van der Waals surface area contributed by atoms with Crippen molar-refractivity contribution in [3.63, 3.8) is 0 Å². The molecular formula is C18H22F2N2O3S. The Labute approximate surface area is 152 Å². The number of hydrogen-bond donors (Lipinski definition) is 1. The van der Waals surface area contributed by atoms with E-state index in [1.807, 2.05) is 43.3 Å². The minimum Gasteiger partial charge on any atom is -0.496 e. The van der Waals surface area contributed by atoms with E-state index in [-0.39, 0.29) is 6.04 Å². The Bertz CT molecular complexity index is 825. The summed E-state index contributed by atoms with van der Waals surface area (Å²) in [5, 5.41) is 3.20. The second kappa shape index (κ2) is 8.46. The number of alkyl halides is 2. The van der Waals surface area contributed by atoms with Crippen molar-refractivity contribution in [3.05, 3.63) is 54.1 Å². The summed E-state index contributed by atoms with van der Waals surface area (Å²) in [6.45, 7) is 0.522. The summed E-state index contributed by atoms with van der Waals surface area (Å²) in [5.41, 5.74) is 1.64. The molecule has 0 aliphatic carbocycles. The molecule has 1 unspecified atom stereocenters. The van der Waals surface area contributed by atoms with Crippen molar-refractivity contribution >= 4 is 15.5 Å². The van der Waals surface area contributed by atoms with E-state index in [1.54, 1.807) is 7.11 Å². The van der Waals surface area contributed by atoms with Gasteiger partial charge in [-0.15, -0.1) is 0 Å². The highest BCUT2D eigenvalue weighted by Gasteiger charge is 2.26. The van der Waals surface area contributed by atoms with Gasteiger partial charge in [0.05, 0.1) is 18.0 Å². The molecule has 0 saturated heterocycles. The number of rotatable bonds is 8. The fourth-order valence-corrected chi connectivity index (χ4v) is 3.31. The number of nitrogens with one attached hydrogen (secondary N) is 1. The Morgan fingerprint density at radius 1 is 1.08 bits per heavy atom. The van der Waals surface area contributed by atoms with Crippen molar-refractivity contribution in [2.75, 3.05) is 33.1 Å². The van der Waals surface area contributed by atoms with Crippen LogP contribution in [0.15, 0.2) is 53.4 Å². The zero-order valence-corrected chi connectivity index (χ0v) is 15.6. The van der Waals surface area contributed by atoms with Crippen LogP contribution in [0.2, 0.25) is 0 Å². The Morgan fingerprint density at radius 3 is 2.23 bits per heavy atom. The highest BCUT2D eigenvalue weighted by molar-refractivity contribution is 7.91. The third kappa shape index (κ3) is 4.50. The number of hydrogen-bond acceptors (Lipinski definition) is 5. The predicted molar refractivity (Wildman–Crippen MR) is 97.5 cm³/mol. The molecule has 0 aliphatic heterocycles. The van der Waals surface area contributed by atoms with Crippen molar-refractivity contribution in [2.24, 2.45) is 0 Å². The Hall–Kier alpha value is -2.19. The zero-order valence-electron chi connectivity index (χ0n) is 14.8. The molecule has 2 rings (SSSR count). The van der Waals surface area contributed by atoms with Crippen LogP contribution < -0.4 is 10.1 Å². The molecule has 1 atom stereocenters. The monoisotopic (exact) mass is 384 g/mol. The maximum Gasteiger partial charge on any atom is 0.341 e. The first kappa shape index (κ1) is 20.1. The largest absolute Gasteiger partial charge is 0.496 e. The Balaban J connectivity index is 2.15. The van der Waals surface area contributed by atoms with Crippen molar-refractivity contribution in [2.45, 2.75) is 16.7 Å². The summed E-state index contributed by atoms with van der Waals surface area (Å²) in [5.74, 6) is -2.66. The van der Waals surface area contributed by atoms with Crippen molar-refractivity contribution in [3.8, 4) is 5.75 Å². The fraction of sp³-hybridized carbons (Fsp3) is 0.333. The van der Waals surface area contributed by atoms with Gasteiger partial charge in [0.2, 0.25) is 9.84 Å². The Kier molecular flexibility index (Phi) is 6.55. The molecule has 0 saturated carbocycles. The topological polar surface area (TPSA) is 58.6 Å². The van der Waals surface area contributed by atoms with Gasteiger partial charge in [-0.3, -0.25) is 0 Å². The minimum absolute atomic E-state index is 0.00405. The second-order valence-corrected chi connectivity index (χ2v) is 7.85. The van der Waals surface area contributed by atoms with E-state index < -0.39 is 20.5 Å². The van der Waals surface area contributed by atoms with Crippen molar-refractivity contribution in [1.29, 1.82) is 0 Å². The number of methoxy groups -OCH3 is 1. The molecule has 0 radical (unpaired) electrons.